The average molecular weight is 451 g/mol. The molecule has 0 radical (unpaired) electrons. The van der Waals surface area contributed by atoms with Crippen LogP contribution >= 0.6 is 23.2 Å². The quantitative estimate of drug-likeness (QED) is 0.653. The van der Waals surface area contributed by atoms with E-state index in [9.17, 15) is 9.59 Å². The van der Waals surface area contributed by atoms with Crippen molar-refractivity contribution in [3.8, 4) is 5.75 Å². The first-order valence-corrected chi connectivity index (χ1v) is 10.4. The number of hydrogen-bond acceptors (Lipinski definition) is 3. The van der Waals surface area contributed by atoms with Crippen molar-refractivity contribution >= 4 is 35.0 Å². The number of methoxy groups -OCH3 is 1. The lowest BCUT2D eigenvalue weighted by molar-refractivity contribution is -0.140. The maximum atomic E-state index is 13.2. The van der Waals surface area contributed by atoms with E-state index in [1.807, 2.05) is 32.9 Å². The molecule has 0 unspecified atom stereocenters. The maximum absolute atomic E-state index is 13.2. The number of ether oxygens (including phenoxy) is 1. The highest BCUT2D eigenvalue weighted by atomic mass is 35.5. The van der Waals surface area contributed by atoms with Crippen molar-refractivity contribution in [1.82, 2.24) is 10.2 Å². The summed E-state index contributed by atoms with van der Waals surface area (Å²) in [5.41, 5.74) is 1.01. The smallest absolute Gasteiger partial charge is 0.242 e. The third-order valence-corrected chi connectivity index (χ3v) is 5.28. The summed E-state index contributed by atoms with van der Waals surface area (Å²) in [6.45, 7) is 7.52. The van der Waals surface area contributed by atoms with Crippen LogP contribution in [0.3, 0.4) is 0 Å². The zero-order valence-corrected chi connectivity index (χ0v) is 19.5. The number of benzene rings is 2. The number of hydrogen-bond donors (Lipinski definition) is 1. The van der Waals surface area contributed by atoms with Crippen LogP contribution in [0.15, 0.2) is 42.5 Å². The largest absolute Gasteiger partial charge is 0.497 e. The second kappa shape index (κ2) is 10.2. The second-order valence-electron chi connectivity index (χ2n) is 8.16. The van der Waals surface area contributed by atoms with Gasteiger partial charge in [-0.05, 0) is 57.5 Å². The number of rotatable bonds is 7. The van der Waals surface area contributed by atoms with Crippen LogP contribution in [0.4, 0.5) is 0 Å². The summed E-state index contributed by atoms with van der Waals surface area (Å²) in [6.07, 6.45) is 0.138. The first-order chi connectivity index (χ1) is 14.0. The van der Waals surface area contributed by atoms with Gasteiger partial charge in [0.25, 0.3) is 0 Å². The molecular weight excluding hydrogens is 423 g/mol. The molecule has 0 fully saturated rings. The van der Waals surface area contributed by atoms with Crippen molar-refractivity contribution in [3.05, 3.63) is 63.6 Å². The summed E-state index contributed by atoms with van der Waals surface area (Å²) >= 11 is 12.7. The molecule has 0 aliphatic rings. The third-order valence-electron chi connectivity index (χ3n) is 4.57. The van der Waals surface area contributed by atoms with Gasteiger partial charge in [0.15, 0.2) is 0 Å². The van der Waals surface area contributed by atoms with Crippen LogP contribution in [0.1, 0.15) is 38.8 Å². The van der Waals surface area contributed by atoms with Gasteiger partial charge >= 0.3 is 0 Å². The van der Waals surface area contributed by atoms with E-state index in [0.29, 0.717) is 21.4 Å². The highest BCUT2D eigenvalue weighted by molar-refractivity contribution is 6.36. The molecule has 0 aliphatic carbocycles. The van der Waals surface area contributed by atoms with Crippen molar-refractivity contribution < 1.29 is 14.3 Å². The summed E-state index contributed by atoms with van der Waals surface area (Å²) < 4.78 is 5.17. The number of carbonyl (C=O) groups is 2. The fraction of sp³-hybridized carbons (Fsp3) is 0.391. The molecule has 162 valence electrons. The van der Waals surface area contributed by atoms with Gasteiger partial charge in [0.1, 0.15) is 11.8 Å². The summed E-state index contributed by atoms with van der Waals surface area (Å²) in [5, 5.41) is 3.84. The Balaban J connectivity index is 2.31. The Bertz CT molecular complexity index is 872. The number of carbonyl (C=O) groups excluding carboxylic acids is 2. The van der Waals surface area contributed by atoms with Crippen molar-refractivity contribution in [1.29, 1.82) is 0 Å². The van der Waals surface area contributed by atoms with Crippen LogP contribution in [0.5, 0.6) is 5.75 Å². The molecule has 0 saturated carbocycles. The zero-order valence-electron chi connectivity index (χ0n) is 18.0. The first kappa shape index (κ1) is 24.0. The summed E-state index contributed by atoms with van der Waals surface area (Å²) in [4.78, 5) is 27.6. The van der Waals surface area contributed by atoms with E-state index < -0.39 is 11.6 Å². The van der Waals surface area contributed by atoms with E-state index in [1.54, 1.807) is 44.4 Å². The van der Waals surface area contributed by atoms with Crippen LogP contribution in [0.25, 0.3) is 0 Å². The number of amides is 2. The SMILES string of the molecule is COc1ccc(CC(=O)N(Cc2c(Cl)cccc2Cl)[C@@H](C)C(=O)NC(C)(C)C)cc1. The Kier molecular flexibility index (Phi) is 8.16. The minimum Gasteiger partial charge on any atom is -0.497 e. The molecule has 2 amide bonds. The molecule has 0 heterocycles. The molecule has 0 spiro atoms. The Morgan fingerprint density at radius 3 is 2.13 bits per heavy atom. The van der Waals surface area contributed by atoms with E-state index in [-0.39, 0.29) is 24.8 Å². The highest BCUT2D eigenvalue weighted by Gasteiger charge is 2.29. The molecule has 1 atom stereocenters. The fourth-order valence-corrected chi connectivity index (χ4v) is 3.45. The lowest BCUT2D eigenvalue weighted by Crippen LogP contribution is -2.52. The van der Waals surface area contributed by atoms with Crippen LogP contribution in [-0.4, -0.2) is 35.4 Å². The van der Waals surface area contributed by atoms with E-state index in [1.165, 1.54) is 4.90 Å². The van der Waals surface area contributed by atoms with Crippen molar-refractivity contribution in [2.45, 2.75) is 52.2 Å². The van der Waals surface area contributed by atoms with Gasteiger partial charge < -0.3 is 15.0 Å². The molecule has 30 heavy (non-hydrogen) atoms. The van der Waals surface area contributed by atoms with E-state index in [2.05, 4.69) is 5.32 Å². The lowest BCUT2D eigenvalue weighted by Gasteiger charge is -2.32. The Hall–Kier alpha value is -2.24. The Labute approximate surface area is 188 Å². The normalized spacial score (nSPS) is 12.2. The summed E-state index contributed by atoms with van der Waals surface area (Å²) in [6, 6.07) is 11.7. The van der Waals surface area contributed by atoms with E-state index in [4.69, 9.17) is 27.9 Å². The standard InChI is InChI=1S/C23H28Cl2N2O3/c1-15(22(29)26-23(2,3)4)27(14-18-19(24)7-6-8-20(18)25)21(28)13-16-9-11-17(30-5)12-10-16/h6-12,15H,13-14H2,1-5H3,(H,26,29)/t15-/m0/s1. The van der Waals surface area contributed by atoms with Gasteiger partial charge in [0.05, 0.1) is 13.5 Å². The number of nitrogens with one attached hydrogen (secondary N) is 1. The minimum absolute atomic E-state index is 0.131. The Morgan fingerprint density at radius 2 is 1.63 bits per heavy atom. The topological polar surface area (TPSA) is 58.6 Å². The third kappa shape index (κ3) is 6.64. The van der Waals surface area contributed by atoms with E-state index >= 15 is 0 Å². The van der Waals surface area contributed by atoms with Crippen LogP contribution in [0, 0.1) is 0 Å². The first-order valence-electron chi connectivity index (χ1n) is 9.69. The summed E-state index contributed by atoms with van der Waals surface area (Å²) in [5.74, 6) is 0.269. The van der Waals surface area contributed by atoms with Crippen LogP contribution in [-0.2, 0) is 22.6 Å². The van der Waals surface area contributed by atoms with Crippen LogP contribution < -0.4 is 10.1 Å². The predicted molar refractivity (Wildman–Crippen MR) is 121 cm³/mol. The molecule has 1 N–H and O–H groups in total. The lowest BCUT2D eigenvalue weighted by atomic mass is 10.1. The van der Waals surface area contributed by atoms with Crippen molar-refractivity contribution in [3.63, 3.8) is 0 Å². The summed E-state index contributed by atoms with van der Waals surface area (Å²) in [7, 11) is 1.59. The molecule has 0 aliphatic heterocycles. The predicted octanol–water partition coefficient (Wildman–Crippen LogP) is 4.88. The van der Waals surface area contributed by atoms with Crippen molar-refractivity contribution in [2.24, 2.45) is 0 Å². The molecule has 2 aromatic rings. The molecule has 0 saturated heterocycles. The van der Waals surface area contributed by atoms with Gasteiger partial charge in [0.2, 0.25) is 11.8 Å². The van der Waals surface area contributed by atoms with Gasteiger partial charge in [-0.2, -0.15) is 0 Å². The molecule has 5 nitrogen and oxygen atoms in total. The number of halogens is 2. The highest BCUT2D eigenvalue weighted by Crippen LogP contribution is 2.27. The molecule has 0 aromatic heterocycles. The van der Waals surface area contributed by atoms with Crippen molar-refractivity contribution in [2.75, 3.05) is 7.11 Å². The Morgan fingerprint density at radius 1 is 1.07 bits per heavy atom. The maximum Gasteiger partial charge on any atom is 0.242 e. The zero-order chi connectivity index (χ0) is 22.5. The van der Waals surface area contributed by atoms with Gasteiger partial charge in [-0.25, -0.2) is 0 Å². The molecule has 0 bridgehead atoms. The molecule has 2 rings (SSSR count). The molecular formula is C23H28Cl2N2O3. The fourth-order valence-electron chi connectivity index (χ4n) is 2.93. The van der Waals surface area contributed by atoms with E-state index in [0.717, 1.165) is 5.56 Å². The molecule has 2 aromatic carbocycles. The number of nitrogens with zero attached hydrogens (tertiary/aromatic N) is 1. The monoisotopic (exact) mass is 450 g/mol. The van der Waals surface area contributed by atoms with Gasteiger partial charge in [-0.1, -0.05) is 41.4 Å². The average Bonchev–Trinajstić information content (AvgIpc) is 2.66. The van der Waals surface area contributed by atoms with Gasteiger partial charge in [-0.3, -0.25) is 9.59 Å². The van der Waals surface area contributed by atoms with Crippen LogP contribution in [0.2, 0.25) is 10.0 Å². The molecule has 7 heteroatoms. The van der Waals surface area contributed by atoms with Gasteiger partial charge in [0, 0.05) is 27.7 Å². The second-order valence-corrected chi connectivity index (χ2v) is 8.98. The van der Waals surface area contributed by atoms with Gasteiger partial charge in [-0.15, -0.1) is 0 Å². The minimum atomic E-state index is -0.706.